The van der Waals surface area contributed by atoms with Gasteiger partial charge in [-0.15, -0.1) is 5.10 Å². The molecule has 1 aromatic heterocycles. The maximum atomic E-state index is 12.4. The molecule has 0 bridgehead atoms. The molecule has 5 nitrogen and oxygen atoms in total. The molecule has 1 aromatic rings. The van der Waals surface area contributed by atoms with Crippen molar-refractivity contribution in [1.29, 1.82) is 0 Å². The lowest BCUT2D eigenvalue weighted by molar-refractivity contribution is 0.0924. The molecule has 3 rings (SSSR count). The lowest BCUT2D eigenvalue weighted by Crippen LogP contribution is -2.40. The molecule has 1 aliphatic carbocycles. The molecule has 0 aromatic carbocycles. The average molecular weight is 288 g/mol. The number of nitrogens with zero attached hydrogens (tertiary/aromatic N) is 3. The first-order valence-corrected chi connectivity index (χ1v) is 7.92. The zero-order valence-corrected chi connectivity index (χ0v) is 13.0. The van der Waals surface area contributed by atoms with Gasteiger partial charge in [-0.1, -0.05) is 6.92 Å². The minimum atomic E-state index is -0.0903. The van der Waals surface area contributed by atoms with Gasteiger partial charge in [-0.25, -0.2) is 0 Å². The summed E-state index contributed by atoms with van der Waals surface area (Å²) in [6.07, 6.45) is 4.19. The van der Waals surface area contributed by atoms with Crippen LogP contribution in [0.1, 0.15) is 55.6 Å². The lowest BCUT2D eigenvalue weighted by atomic mass is 10.1. The molecule has 0 spiro atoms. The first kappa shape index (κ1) is 14.4. The number of aromatic nitrogens is 2. The normalized spacial score (nSPS) is 26.3. The van der Waals surface area contributed by atoms with Gasteiger partial charge in [0.15, 0.2) is 5.69 Å². The van der Waals surface area contributed by atoms with Crippen LogP contribution in [0, 0.1) is 5.92 Å². The van der Waals surface area contributed by atoms with E-state index in [1.54, 1.807) is 6.20 Å². The quantitative estimate of drug-likeness (QED) is 0.918. The van der Waals surface area contributed by atoms with Crippen LogP contribution in [0.5, 0.6) is 0 Å². The zero-order valence-electron chi connectivity index (χ0n) is 13.0. The van der Waals surface area contributed by atoms with E-state index in [2.05, 4.69) is 41.2 Å². The van der Waals surface area contributed by atoms with Gasteiger partial charge in [0.1, 0.15) is 0 Å². The molecule has 1 saturated carbocycles. The number of carbonyl (C=O) groups excluding carboxylic acids is 1. The minimum Gasteiger partial charge on any atom is -0.346 e. The summed E-state index contributed by atoms with van der Waals surface area (Å²) >= 11 is 0. The van der Waals surface area contributed by atoms with Crippen LogP contribution in [0.2, 0.25) is 0 Å². The van der Waals surface area contributed by atoms with Crippen molar-refractivity contribution in [3.05, 3.63) is 23.5 Å². The number of amides is 1. The monoisotopic (exact) mass is 288 g/mol. The van der Waals surface area contributed by atoms with Gasteiger partial charge in [0.25, 0.3) is 5.91 Å². The van der Waals surface area contributed by atoms with Gasteiger partial charge in [0, 0.05) is 25.2 Å². The van der Waals surface area contributed by atoms with Crippen molar-refractivity contribution in [2.24, 2.45) is 5.92 Å². The summed E-state index contributed by atoms with van der Waals surface area (Å²) < 4.78 is 0. The van der Waals surface area contributed by atoms with Gasteiger partial charge >= 0.3 is 0 Å². The Morgan fingerprint density at radius 3 is 2.76 bits per heavy atom. The molecule has 5 heteroatoms. The van der Waals surface area contributed by atoms with Crippen LogP contribution in [0.15, 0.2) is 12.3 Å². The summed E-state index contributed by atoms with van der Waals surface area (Å²) in [6, 6.07) is 2.62. The van der Waals surface area contributed by atoms with E-state index in [9.17, 15) is 4.79 Å². The van der Waals surface area contributed by atoms with E-state index in [1.165, 1.54) is 12.8 Å². The maximum absolute atomic E-state index is 12.4. The van der Waals surface area contributed by atoms with E-state index in [1.807, 2.05) is 6.07 Å². The fourth-order valence-electron chi connectivity index (χ4n) is 2.99. The van der Waals surface area contributed by atoms with Gasteiger partial charge in [0.05, 0.1) is 6.20 Å². The molecule has 0 unspecified atom stereocenters. The summed E-state index contributed by atoms with van der Waals surface area (Å²) in [5.41, 5.74) is 1.60. The number of likely N-dealkylation sites (tertiary alicyclic amines) is 1. The summed E-state index contributed by atoms with van der Waals surface area (Å²) in [4.78, 5) is 14.8. The van der Waals surface area contributed by atoms with Gasteiger partial charge in [-0.05, 0) is 50.2 Å². The van der Waals surface area contributed by atoms with Gasteiger partial charge < -0.3 is 5.32 Å². The molecular weight excluding hydrogens is 264 g/mol. The first-order valence-electron chi connectivity index (χ1n) is 7.92. The summed E-state index contributed by atoms with van der Waals surface area (Å²) in [5.74, 6) is 0.970. The molecule has 0 radical (unpaired) electrons. The number of rotatable bonds is 4. The number of carbonyl (C=O) groups is 1. The molecule has 2 heterocycles. The number of nitrogens with one attached hydrogen (secondary N) is 1. The first-order chi connectivity index (χ1) is 10.0. The molecule has 2 aliphatic rings. The van der Waals surface area contributed by atoms with Crippen LogP contribution in [-0.4, -0.2) is 46.2 Å². The van der Waals surface area contributed by atoms with E-state index in [-0.39, 0.29) is 11.9 Å². The molecule has 1 amide bonds. The third kappa shape index (κ3) is 3.23. The largest absolute Gasteiger partial charge is 0.346 e. The van der Waals surface area contributed by atoms with Crippen molar-refractivity contribution in [3.63, 3.8) is 0 Å². The van der Waals surface area contributed by atoms with Gasteiger partial charge in [-0.3, -0.25) is 9.69 Å². The number of hydrogen-bond donors (Lipinski definition) is 1. The Balaban J connectivity index is 1.64. The second-order valence-corrected chi connectivity index (χ2v) is 6.75. The molecular formula is C16H24N4O. The SMILES string of the molecule is CC(C)N1C[C@H](NC(=O)c2cc(C3CC3)cnn2)[C@@H](C)C1. The molecule has 114 valence electrons. The third-order valence-electron chi connectivity index (χ3n) is 4.64. The van der Waals surface area contributed by atoms with E-state index in [4.69, 9.17) is 0 Å². The Hall–Kier alpha value is -1.49. The highest BCUT2D eigenvalue weighted by Crippen LogP contribution is 2.39. The fraction of sp³-hybridized carbons (Fsp3) is 0.688. The maximum Gasteiger partial charge on any atom is 0.272 e. The fourth-order valence-corrected chi connectivity index (χ4v) is 2.99. The van der Waals surface area contributed by atoms with Crippen molar-refractivity contribution in [3.8, 4) is 0 Å². The Labute approximate surface area is 126 Å². The van der Waals surface area contributed by atoms with Crippen LogP contribution >= 0.6 is 0 Å². The topological polar surface area (TPSA) is 58.1 Å². The van der Waals surface area contributed by atoms with Crippen molar-refractivity contribution in [2.45, 2.75) is 51.6 Å². The second-order valence-electron chi connectivity index (χ2n) is 6.75. The predicted octanol–water partition coefficient (Wildman–Crippen LogP) is 1.81. The Morgan fingerprint density at radius 1 is 1.38 bits per heavy atom. The Kier molecular flexibility index (Phi) is 3.93. The van der Waals surface area contributed by atoms with E-state index in [0.717, 1.165) is 18.7 Å². The van der Waals surface area contributed by atoms with Crippen molar-refractivity contribution in [2.75, 3.05) is 13.1 Å². The van der Waals surface area contributed by atoms with Crippen molar-refractivity contribution < 1.29 is 4.79 Å². The standard InChI is InChI=1S/C16H24N4O/c1-10(2)20-8-11(3)15(9-20)18-16(21)14-6-13(7-17-19-14)12-4-5-12/h6-7,10-12,15H,4-5,8-9H2,1-3H3,(H,18,21)/t11-,15-/m0/s1. The second kappa shape index (κ2) is 5.72. The van der Waals surface area contributed by atoms with Crippen LogP contribution in [-0.2, 0) is 0 Å². The zero-order chi connectivity index (χ0) is 15.0. The van der Waals surface area contributed by atoms with E-state index >= 15 is 0 Å². The van der Waals surface area contributed by atoms with Crippen LogP contribution in [0.3, 0.4) is 0 Å². The van der Waals surface area contributed by atoms with Gasteiger partial charge in [0.2, 0.25) is 0 Å². The van der Waals surface area contributed by atoms with Gasteiger partial charge in [-0.2, -0.15) is 5.10 Å². The predicted molar refractivity (Wildman–Crippen MR) is 81.1 cm³/mol. The highest BCUT2D eigenvalue weighted by Gasteiger charge is 2.32. The molecule has 2 fully saturated rings. The van der Waals surface area contributed by atoms with Crippen LogP contribution in [0.4, 0.5) is 0 Å². The molecule has 1 saturated heterocycles. The Morgan fingerprint density at radius 2 is 2.14 bits per heavy atom. The Bertz CT molecular complexity index is 527. The van der Waals surface area contributed by atoms with Crippen molar-refractivity contribution >= 4 is 5.91 Å². The highest BCUT2D eigenvalue weighted by atomic mass is 16.2. The molecule has 2 atom stereocenters. The van der Waals surface area contributed by atoms with E-state index in [0.29, 0.717) is 23.6 Å². The van der Waals surface area contributed by atoms with E-state index < -0.39 is 0 Å². The highest BCUT2D eigenvalue weighted by molar-refractivity contribution is 5.92. The summed E-state index contributed by atoms with van der Waals surface area (Å²) in [6.45, 7) is 8.54. The van der Waals surface area contributed by atoms with Crippen LogP contribution in [0.25, 0.3) is 0 Å². The smallest absolute Gasteiger partial charge is 0.272 e. The number of hydrogen-bond acceptors (Lipinski definition) is 4. The third-order valence-corrected chi connectivity index (χ3v) is 4.64. The van der Waals surface area contributed by atoms with Crippen LogP contribution < -0.4 is 5.32 Å². The van der Waals surface area contributed by atoms with Crippen molar-refractivity contribution in [1.82, 2.24) is 20.4 Å². The lowest BCUT2D eigenvalue weighted by Gasteiger charge is -2.20. The minimum absolute atomic E-state index is 0.0903. The molecule has 1 N–H and O–H groups in total. The molecule has 1 aliphatic heterocycles. The average Bonchev–Trinajstić information content (AvgIpc) is 3.24. The molecule has 21 heavy (non-hydrogen) atoms. The summed E-state index contributed by atoms with van der Waals surface area (Å²) in [5, 5.41) is 11.1. The summed E-state index contributed by atoms with van der Waals surface area (Å²) in [7, 11) is 0.